The molecule has 0 aliphatic heterocycles. The van der Waals surface area contributed by atoms with Gasteiger partial charge in [0.25, 0.3) is 0 Å². The number of ether oxygens (including phenoxy) is 2. The fraction of sp³-hybridized carbons (Fsp3) is 0.176. The van der Waals surface area contributed by atoms with Crippen molar-refractivity contribution in [3.63, 3.8) is 0 Å². The molecule has 2 rings (SSSR count). The van der Waals surface area contributed by atoms with Crippen LogP contribution in [0.25, 0.3) is 0 Å². The highest BCUT2D eigenvalue weighted by molar-refractivity contribution is 5.89. The molecule has 21 heavy (non-hydrogen) atoms. The van der Waals surface area contributed by atoms with Crippen LogP contribution in [0.1, 0.15) is 28.4 Å². The fourth-order valence-corrected chi connectivity index (χ4v) is 1.77. The van der Waals surface area contributed by atoms with Crippen molar-refractivity contribution in [2.45, 2.75) is 13.5 Å². The van der Waals surface area contributed by atoms with Gasteiger partial charge in [-0.3, -0.25) is 0 Å². The van der Waals surface area contributed by atoms with Gasteiger partial charge in [0, 0.05) is 0 Å². The molecule has 0 N–H and O–H groups in total. The first-order valence-electron chi connectivity index (χ1n) is 6.62. The van der Waals surface area contributed by atoms with Gasteiger partial charge in [-0.15, -0.1) is 0 Å². The molecule has 0 aliphatic carbocycles. The van der Waals surface area contributed by atoms with Gasteiger partial charge < -0.3 is 9.47 Å². The van der Waals surface area contributed by atoms with Crippen LogP contribution < -0.4 is 4.74 Å². The Labute approximate surface area is 123 Å². The van der Waals surface area contributed by atoms with E-state index < -0.39 is 0 Å². The third-order valence-electron chi connectivity index (χ3n) is 2.83. The van der Waals surface area contributed by atoms with Gasteiger partial charge in [0.1, 0.15) is 12.4 Å². The molecule has 106 valence electrons. The molecule has 2 aromatic carbocycles. The molecule has 0 saturated carbocycles. The average Bonchev–Trinajstić information content (AvgIpc) is 2.54. The first kappa shape index (κ1) is 14.6. The predicted molar refractivity (Wildman–Crippen MR) is 77.9 cm³/mol. The number of esters is 1. The predicted octanol–water partition coefficient (Wildman–Crippen LogP) is 3.31. The highest BCUT2D eigenvalue weighted by Crippen LogP contribution is 2.16. The van der Waals surface area contributed by atoms with Crippen LogP contribution in [0.4, 0.5) is 0 Å². The summed E-state index contributed by atoms with van der Waals surface area (Å²) in [6.45, 7) is 2.48. The van der Waals surface area contributed by atoms with Crippen LogP contribution in [-0.4, -0.2) is 12.6 Å². The summed E-state index contributed by atoms with van der Waals surface area (Å²) in [4.78, 5) is 11.6. The van der Waals surface area contributed by atoms with Crippen molar-refractivity contribution in [3.05, 3.63) is 65.2 Å². The van der Waals surface area contributed by atoms with Gasteiger partial charge in [0.05, 0.1) is 23.8 Å². The summed E-state index contributed by atoms with van der Waals surface area (Å²) >= 11 is 0. The Morgan fingerprint density at radius 3 is 2.62 bits per heavy atom. The molecule has 0 unspecified atom stereocenters. The second-order valence-electron chi connectivity index (χ2n) is 4.35. The third-order valence-corrected chi connectivity index (χ3v) is 2.83. The maximum absolute atomic E-state index is 11.6. The van der Waals surface area contributed by atoms with Gasteiger partial charge in [-0.2, -0.15) is 5.26 Å². The molecule has 4 heteroatoms. The molecule has 0 bridgehead atoms. The lowest BCUT2D eigenvalue weighted by Crippen LogP contribution is -2.05. The van der Waals surface area contributed by atoms with E-state index in [1.165, 1.54) is 0 Å². The maximum Gasteiger partial charge on any atom is 0.338 e. The number of benzene rings is 2. The van der Waals surface area contributed by atoms with Crippen molar-refractivity contribution in [2.75, 3.05) is 6.61 Å². The van der Waals surface area contributed by atoms with E-state index in [9.17, 15) is 4.79 Å². The molecule has 0 saturated heterocycles. The van der Waals surface area contributed by atoms with E-state index >= 15 is 0 Å². The van der Waals surface area contributed by atoms with Crippen molar-refractivity contribution in [1.82, 2.24) is 0 Å². The zero-order chi connectivity index (χ0) is 15.1. The van der Waals surface area contributed by atoms with Gasteiger partial charge in [-0.1, -0.05) is 18.2 Å². The van der Waals surface area contributed by atoms with Crippen molar-refractivity contribution >= 4 is 5.97 Å². The van der Waals surface area contributed by atoms with E-state index in [1.54, 1.807) is 43.3 Å². The highest BCUT2D eigenvalue weighted by Gasteiger charge is 2.07. The number of nitriles is 1. The highest BCUT2D eigenvalue weighted by atomic mass is 16.5. The SMILES string of the molecule is CCOC(=O)c1cccc(OCc2ccc(C#N)cc2)c1. The molecule has 0 heterocycles. The summed E-state index contributed by atoms with van der Waals surface area (Å²) in [5.74, 6) is 0.242. The van der Waals surface area contributed by atoms with E-state index in [-0.39, 0.29) is 5.97 Å². The molecule has 0 amide bonds. The minimum absolute atomic E-state index is 0.342. The van der Waals surface area contributed by atoms with Crippen LogP contribution in [0.2, 0.25) is 0 Å². The molecule has 0 atom stereocenters. The molecule has 2 aromatic rings. The first-order valence-corrected chi connectivity index (χ1v) is 6.62. The standard InChI is InChI=1S/C17H15NO3/c1-2-20-17(19)15-4-3-5-16(10-15)21-12-14-8-6-13(11-18)7-9-14/h3-10H,2,12H2,1H3. The Morgan fingerprint density at radius 1 is 1.19 bits per heavy atom. The summed E-state index contributed by atoms with van der Waals surface area (Å²) in [5, 5.41) is 8.74. The van der Waals surface area contributed by atoms with Crippen LogP contribution in [0.15, 0.2) is 48.5 Å². The minimum atomic E-state index is -0.360. The van der Waals surface area contributed by atoms with E-state index in [4.69, 9.17) is 14.7 Å². The van der Waals surface area contributed by atoms with Gasteiger partial charge in [-0.05, 0) is 42.8 Å². The first-order chi connectivity index (χ1) is 10.2. The summed E-state index contributed by atoms with van der Waals surface area (Å²) in [6, 6.07) is 16.1. The quantitative estimate of drug-likeness (QED) is 0.789. The largest absolute Gasteiger partial charge is 0.489 e. The van der Waals surface area contributed by atoms with E-state index in [0.29, 0.717) is 30.1 Å². The summed E-state index contributed by atoms with van der Waals surface area (Å²) in [5.41, 5.74) is 2.03. The van der Waals surface area contributed by atoms with E-state index in [2.05, 4.69) is 6.07 Å². The molecule has 0 radical (unpaired) electrons. The zero-order valence-corrected chi connectivity index (χ0v) is 11.7. The molecular weight excluding hydrogens is 266 g/mol. The second kappa shape index (κ2) is 7.11. The lowest BCUT2D eigenvalue weighted by molar-refractivity contribution is 0.0526. The number of hydrogen-bond acceptors (Lipinski definition) is 4. The van der Waals surface area contributed by atoms with Gasteiger partial charge in [-0.25, -0.2) is 4.79 Å². The van der Waals surface area contributed by atoms with Crippen LogP contribution >= 0.6 is 0 Å². The Balaban J connectivity index is 2.01. The van der Waals surface area contributed by atoms with Gasteiger partial charge >= 0.3 is 5.97 Å². The Kier molecular flexibility index (Phi) is 4.94. The van der Waals surface area contributed by atoms with E-state index in [0.717, 1.165) is 5.56 Å². The lowest BCUT2D eigenvalue weighted by Gasteiger charge is -2.08. The molecule has 0 spiro atoms. The van der Waals surface area contributed by atoms with Crippen molar-refractivity contribution in [3.8, 4) is 11.8 Å². The number of rotatable bonds is 5. The topological polar surface area (TPSA) is 59.3 Å². The lowest BCUT2D eigenvalue weighted by atomic mass is 10.1. The molecule has 0 aliphatic rings. The smallest absolute Gasteiger partial charge is 0.338 e. The number of nitrogens with zero attached hydrogens (tertiary/aromatic N) is 1. The number of carbonyl (C=O) groups excluding carboxylic acids is 1. The Bertz CT molecular complexity index is 656. The normalized spacial score (nSPS) is 9.71. The number of hydrogen-bond donors (Lipinski definition) is 0. The maximum atomic E-state index is 11.6. The van der Waals surface area contributed by atoms with Crippen LogP contribution in [0, 0.1) is 11.3 Å². The van der Waals surface area contributed by atoms with Crippen molar-refractivity contribution in [2.24, 2.45) is 0 Å². The monoisotopic (exact) mass is 281 g/mol. The summed E-state index contributed by atoms with van der Waals surface area (Å²) in [6.07, 6.45) is 0. The number of carbonyl (C=O) groups is 1. The molecule has 0 fully saturated rings. The van der Waals surface area contributed by atoms with Crippen LogP contribution in [0.3, 0.4) is 0 Å². The average molecular weight is 281 g/mol. The minimum Gasteiger partial charge on any atom is -0.489 e. The summed E-state index contributed by atoms with van der Waals surface area (Å²) < 4.78 is 10.6. The van der Waals surface area contributed by atoms with Gasteiger partial charge in [0.15, 0.2) is 0 Å². The molecule has 4 nitrogen and oxygen atoms in total. The van der Waals surface area contributed by atoms with E-state index in [1.807, 2.05) is 12.1 Å². The van der Waals surface area contributed by atoms with Crippen LogP contribution in [-0.2, 0) is 11.3 Å². The van der Waals surface area contributed by atoms with Gasteiger partial charge in [0.2, 0.25) is 0 Å². The summed E-state index contributed by atoms with van der Waals surface area (Å²) in [7, 11) is 0. The van der Waals surface area contributed by atoms with Crippen molar-refractivity contribution in [1.29, 1.82) is 5.26 Å². The fourth-order valence-electron chi connectivity index (χ4n) is 1.77. The third kappa shape index (κ3) is 4.08. The molecule has 0 aromatic heterocycles. The van der Waals surface area contributed by atoms with Crippen LogP contribution in [0.5, 0.6) is 5.75 Å². The zero-order valence-electron chi connectivity index (χ0n) is 11.7. The second-order valence-corrected chi connectivity index (χ2v) is 4.35. The molecular formula is C17H15NO3. The van der Waals surface area contributed by atoms with Crippen molar-refractivity contribution < 1.29 is 14.3 Å². The Morgan fingerprint density at radius 2 is 1.95 bits per heavy atom. The Hall–Kier alpha value is -2.80.